The molecule has 3 unspecified atom stereocenters. The molecule has 1 saturated carbocycles. The van der Waals surface area contributed by atoms with E-state index in [0.29, 0.717) is 11.5 Å². The number of aliphatic hydroxyl groups is 2. The summed E-state index contributed by atoms with van der Waals surface area (Å²) in [7, 11) is 0. The van der Waals surface area contributed by atoms with Crippen molar-refractivity contribution >= 4 is 0 Å². The third-order valence-electron chi connectivity index (χ3n) is 3.61. The van der Waals surface area contributed by atoms with E-state index in [9.17, 15) is 19.0 Å². The summed E-state index contributed by atoms with van der Waals surface area (Å²) in [5.41, 5.74) is 0.359. The van der Waals surface area contributed by atoms with Gasteiger partial charge in [-0.15, -0.1) is 0 Å². The monoisotopic (exact) mass is 271 g/mol. The molecule has 0 aromatic heterocycles. The Bertz CT molecular complexity index is 428. The lowest BCUT2D eigenvalue weighted by Crippen LogP contribution is -2.26. The van der Waals surface area contributed by atoms with E-state index in [0.717, 1.165) is 37.9 Å². The first kappa shape index (κ1) is 14.4. The first-order valence-electron chi connectivity index (χ1n) is 6.58. The Balaban J connectivity index is 1.77. The minimum Gasteiger partial charge on any atom is -0.393 e. The summed E-state index contributed by atoms with van der Waals surface area (Å²) in [5, 5.41) is 22.4. The van der Waals surface area contributed by atoms with Crippen molar-refractivity contribution < 1.29 is 19.0 Å². The highest BCUT2D eigenvalue weighted by atomic mass is 19.2. The van der Waals surface area contributed by atoms with E-state index < -0.39 is 17.7 Å². The molecule has 106 valence electrons. The van der Waals surface area contributed by atoms with Gasteiger partial charge < -0.3 is 15.5 Å². The summed E-state index contributed by atoms with van der Waals surface area (Å²) in [6, 6.07) is 3.41. The molecule has 0 saturated heterocycles. The lowest BCUT2D eigenvalue weighted by molar-refractivity contribution is 0.167. The summed E-state index contributed by atoms with van der Waals surface area (Å²) >= 11 is 0. The SMILES string of the molecule is OC1CCC(CNCC(O)c2ccc(F)c(F)c2)C1. The molecule has 1 aliphatic carbocycles. The molecule has 0 aliphatic heterocycles. The van der Waals surface area contributed by atoms with Crippen molar-refractivity contribution in [2.24, 2.45) is 5.92 Å². The van der Waals surface area contributed by atoms with Crippen LogP contribution in [0.1, 0.15) is 30.9 Å². The summed E-state index contributed by atoms with van der Waals surface area (Å²) < 4.78 is 25.8. The first-order valence-corrected chi connectivity index (χ1v) is 6.58. The summed E-state index contributed by atoms with van der Waals surface area (Å²) in [4.78, 5) is 0. The molecule has 3 atom stereocenters. The molecule has 0 spiro atoms. The number of nitrogens with one attached hydrogen (secondary N) is 1. The molecule has 1 aromatic rings. The van der Waals surface area contributed by atoms with Crippen LogP contribution in [0.5, 0.6) is 0 Å². The molecule has 3 N–H and O–H groups in total. The van der Waals surface area contributed by atoms with E-state index in [2.05, 4.69) is 5.32 Å². The maximum absolute atomic E-state index is 13.0. The highest BCUT2D eigenvalue weighted by molar-refractivity contribution is 5.20. The molecular weight excluding hydrogens is 252 g/mol. The van der Waals surface area contributed by atoms with Crippen molar-refractivity contribution in [3.63, 3.8) is 0 Å². The molecule has 2 rings (SSSR count). The molecule has 0 bridgehead atoms. The van der Waals surface area contributed by atoms with Gasteiger partial charge in [0.15, 0.2) is 11.6 Å². The van der Waals surface area contributed by atoms with E-state index in [4.69, 9.17) is 0 Å². The molecule has 1 fully saturated rings. The second-order valence-corrected chi connectivity index (χ2v) is 5.18. The molecule has 0 amide bonds. The van der Waals surface area contributed by atoms with Crippen LogP contribution in [0.15, 0.2) is 18.2 Å². The Labute approximate surface area is 111 Å². The zero-order valence-corrected chi connectivity index (χ0v) is 10.6. The van der Waals surface area contributed by atoms with Gasteiger partial charge in [0.25, 0.3) is 0 Å². The van der Waals surface area contributed by atoms with Gasteiger partial charge in [-0.05, 0) is 49.4 Å². The Hall–Kier alpha value is -1.04. The first-order chi connectivity index (χ1) is 9.06. The van der Waals surface area contributed by atoms with E-state index in [-0.39, 0.29) is 12.6 Å². The van der Waals surface area contributed by atoms with Crippen LogP contribution in [0.2, 0.25) is 0 Å². The van der Waals surface area contributed by atoms with Gasteiger partial charge >= 0.3 is 0 Å². The van der Waals surface area contributed by atoms with Crippen molar-refractivity contribution in [1.82, 2.24) is 5.32 Å². The maximum Gasteiger partial charge on any atom is 0.159 e. The molecule has 0 heterocycles. The molecule has 3 nitrogen and oxygen atoms in total. The summed E-state index contributed by atoms with van der Waals surface area (Å²) in [6.45, 7) is 1.01. The Morgan fingerprint density at radius 2 is 2.05 bits per heavy atom. The van der Waals surface area contributed by atoms with Gasteiger partial charge in [-0.2, -0.15) is 0 Å². The van der Waals surface area contributed by atoms with Gasteiger partial charge in [-0.1, -0.05) is 6.07 Å². The van der Waals surface area contributed by atoms with Gasteiger partial charge in [-0.25, -0.2) is 8.78 Å². The standard InChI is InChI=1S/C14H19F2NO2/c15-12-4-2-10(6-13(12)16)14(19)8-17-7-9-1-3-11(18)5-9/h2,4,6,9,11,14,17-19H,1,3,5,7-8H2. The number of benzene rings is 1. The normalized spacial score (nSPS) is 24.6. The minimum absolute atomic E-state index is 0.206. The van der Waals surface area contributed by atoms with Gasteiger partial charge in [0.2, 0.25) is 0 Å². The molecule has 5 heteroatoms. The van der Waals surface area contributed by atoms with Crippen LogP contribution in [-0.4, -0.2) is 29.4 Å². The lowest BCUT2D eigenvalue weighted by atomic mass is 10.1. The van der Waals surface area contributed by atoms with Crippen LogP contribution in [0.25, 0.3) is 0 Å². The molecule has 0 radical (unpaired) electrons. The zero-order valence-electron chi connectivity index (χ0n) is 10.6. The number of hydrogen-bond acceptors (Lipinski definition) is 3. The number of aliphatic hydroxyl groups excluding tert-OH is 2. The van der Waals surface area contributed by atoms with E-state index in [1.807, 2.05) is 0 Å². The van der Waals surface area contributed by atoms with Crippen LogP contribution < -0.4 is 5.32 Å². The fourth-order valence-corrected chi connectivity index (χ4v) is 2.50. The third-order valence-corrected chi connectivity index (χ3v) is 3.61. The van der Waals surface area contributed by atoms with E-state index in [1.165, 1.54) is 6.07 Å². The van der Waals surface area contributed by atoms with Crippen molar-refractivity contribution in [2.75, 3.05) is 13.1 Å². The van der Waals surface area contributed by atoms with Gasteiger partial charge in [0.05, 0.1) is 12.2 Å². The van der Waals surface area contributed by atoms with Crippen LogP contribution in [0.3, 0.4) is 0 Å². The fraction of sp³-hybridized carbons (Fsp3) is 0.571. The topological polar surface area (TPSA) is 52.5 Å². The second kappa shape index (κ2) is 6.41. The van der Waals surface area contributed by atoms with Crippen molar-refractivity contribution in [1.29, 1.82) is 0 Å². The molecule has 1 aromatic carbocycles. The smallest absolute Gasteiger partial charge is 0.159 e. The number of halogens is 2. The average Bonchev–Trinajstić information content (AvgIpc) is 2.78. The average molecular weight is 271 g/mol. The fourth-order valence-electron chi connectivity index (χ4n) is 2.50. The number of hydrogen-bond donors (Lipinski definition) is 3. The summed E-state index contributed by atoms with van der Waals surface area (Å²) in [6.07, 6.45) is 1.53. The maximum atomic E-state index is 13.0. The largest absolute Gasteiger partial charge is 0.393 e. The van der Waals surface area contributed by atoms with Gasteiger partial charge in [-0.3, -0.25) is 0 Å². The van der Waals surface area contributed by atoms with E-state index in [1.54, 1.807) is 0 Å². The molecule has 19 heavy (non-hydrogen) atoms. The van der Waals surface area contributed by atoms with Crippen LogP contribution in [0, 0.1) is 17.6 Å². The number of rotatable bonds is 5. The highest BCUT2D eigenvalue weighted by Gasteiger charge is 2.22. The quantitative estimate of drug-likeness (QED) is 0.764. The highest BCUT2D eigenvalue weighted by Crippen LogP contribution is 2.24. The van der Waals surface area contributed by atoms with Gasteiger partial charge in [0.1, 0.15) is 0 Å². The van der Waals surface area contributed by atoms with E-state index >= 15 is 0 Å². The van der Waals surface area contributed by atoms with Crippen LogP contribution in [-0.2, 0) is 0 Å². The minimum atomic E-state index is -0.949. The molecule has 1 aliphatic rings. The Morgan fingerprint density at radius 1 is 1.26 bits per heavy atom. The second-order valence-electron chi connectivity index (χ2n) is 5.18. The Kier molecular flexibility index (Phi) is 4.85. The van der Waals surface area contributed by atoms with Crippen LogP contribution in [0.4, 0.5) is 8.78 Å². The summed E-state index contributed by atoms with van der Waals surface area (Å²) in [5.74, 6) is -1.44. The Morgan fingerprint density at radius 3 is 2.68 bits per heavy atom. The zero-order chi connectivity index (χ0) is 13.8. The predicted octanol–water partition coefficient (Wildman–Crippen LogP) is 1.75. The van der Waals surface area contributed by atoms with Gasteiger partial charge in [0, 0.05) is 6.54 Å². The van der Waals surface area contributed by atoms with Crippen molar-refractivity contribution in [3.05, 3.63) is 35.4 Å². The predicted molar refractivity (Wildman–Crippen MR) is 67.5 cm³/mol. The molecular formula is C14H19F2NO2. The van der Waals surface area contributed by atoms with Crippen LogP contribution >= 0.6 is 0 Å². The van der Waals surface area contributed by atoms with Crippen molar-refractivity contribution in [2.45, 2.75) is 31.5 Å². The van der Waals surface area contributed by atoms with Crippen molar-refractivity contribution in [3.8, 4) is 0 Å². The lowest BCUT2D eigenvalue weighted by Gasteiger charge is -2.15. The third kappa shape index (κ3) is 3.96.